The minimum atomic E-state index is -2.68. The van der Waals surface area contributed by atoms with Gasteiger partial charge in [0.2, 0.25) is 0 Å². The Hall–Kier alpha value is -3.01. The quantitative estimate of drug-likeness (QED) is 0.0397. The molecule has 10 heteroatoms. The molecule has 1 aromatic carbocycles. The molecule has 1 aromatic rings. The highest BCUT2D eigenvalue weighted by Gasteiger charge is 2.50. The van der Waals surface area contributed by atoms with Crippen molar-refractivity contribution in [1.82, 2.24) is 0 Å². The SMILES string of the molecule is C=CCOC(=O)C(CCCCC(=O)OCC)(Cc1cc(F)c(O[Si](C(C)C)(C(C)C)C(C)C)c(F)c1)C(=O)OCC=C. The minimum absolute atomic E-state index is 0.0553. The molecule has 0 aliphatic carbocycles. The number of rotatable bonds is 19. The van der Waals surface area contributed by atoms with Crippen LogP contribution in [0.5, 0.6) is 5.75 Å². The van der Waals surface area contributed by atoms with Crippen molar-refractivity contribution in [2.45, 2.75) is 97.2 Å². The van der Waals surface area contributed by atoms with Crippen LogP contribution in [0.1, 0.15) is 79.7 Å². The van der Waals surface area contributed by atoms with Crippen LogP contribution >= 0.6 is 0 Å². The Labute approximate surface area is 250 Å². The maximum atomic E-state index is 15.6. The molecule has 0 aliphatic rings. The molecular formula is C32H48F2O7Si. The molecule has 0 heterocycles. The molecule has 0 saturated carbocycles. The van der Waals surface area contributed by atoms with Crippen molar-refractivity contribution in [1.29, 1.82) is 0 Å². The van der Waals surface area contributed by atoms with Crippen LogP contribution in [-0.4, -0.2) is 46.0 Å². The highest BCUT2D eigenvalue weighted by molar-refractivity contribution is 6.78. The van der Waals surface area contributed by atoms with Crippen molar-refractivity contribution in [3.8, 4) is 5.75 Å². The summed E-state index contributed by atoms with van der Waals surface area (Å²) in [5, 5.41) is 0. The summed E-state index contributed by atoms with van der Waals surface area (Å²) < 4.78 is 53.1. The summed E-state index contributed by atoms with van der Waals surface area (Å²) >= 11 is 0. The first kappa shape index (κ1) is 37.0. The number of halogens is 2. The van der Waals surface area contributed by atoms with Crippen LogP contribution < -0.4 is 4.43 Å². The van der Waals surface area contributed by atoms with Gasteiger partial charge >= 0.3 is 17.9 Å². The minimum Gasteiger partial charge on any atom is -0.539 e. The van der Waals surface area contributed by atoms with Crippen LogP contribution in [-0.2, 0) is 35.0 Å². The molecule has 0 unspecified atom stereocenters. The fraction of sp³-hybridized carbons (Fsp3) is 0.594. The first-order chi connectivity index (χ1) is 19.7. The predicted molar refractivity (Wildman–Crippen MR) is 162 cm³/mol. The Morgan fingerprint density at radius 2 is 1.33 bits per heavy atom. The molecule has 0 radical (unpaired) electrons. The van der Waals surface area contributed by atoms with Gasteiger partial charge in [0.15, 0.2) is 22.8 Å². The van der Waals surface area contributed by atoms with Crippen LogP contribution in [0.3, 0.4) is 0 Å². The van der Waals surface area contributed by atoms with Gasteiger partial charge in [-0.1, -0.05) is 73.3 Å². The van der Waals surface area contributed by atoms with Crippen LogP contribution in [0.15, 0.2) is 37.4 Å². The summed E-state index contributed by atoms with van der Waals surface area (Å²) in [5.41, 5.74) is -1.64. The number of hydrogen-bond acceptors (Lipinski definition) is 7. The average Bonchev–Trinajstić information content (AvgIpc) is 2.91. The number of hydrogen-bond donors (Lipinski definition) is 0. The normalized spacial score (nSPS) is 11.9. The molecule has 236 valence electrons. The topological polar surface area (TPSA) is 88.1 Å². The van der Waals surface area contributed by atoms with Crippen LogP contribution in [0.25, 0.3) is 0 Å². The first-order valence-corrected chi connectivity index (χ1v) is 16.8. The summed E-state index contributed by atoms with van der Waals surface area (Å²) in [6.45, 7) is 20.7. The molecule has 7 nitrogen and oxygen atoms in total. The van der Waals surface area contributed by atoms with Gasteiger partial charge in [0.1, 0.15) is 13.2 Å². The highest BCUT2D eigenvalue weighted by Crippen LogP contribution is 2.44. The lowest BCUT2D eigenvalue weighted by Crippen LogP contribution is -2.51. The van der Waals surface area contributed by atoms with Gasteiger partial charge in [-0.3, -0.25) is 14.4 Å². The van der Waals surface area contributed by atoms with E-state index in [0.717, 1.165) is 12.1 Å². The second-order valence-corrected chi connectivity index (χ2v) is 16.7. The lowest BCUT2D eigenvalue weighted by Gasteiger charge is -2.42. The predicted octanol–water partition coefficient (Wildman–Crippen LogP) is 7.63. The van der Waals surface area contributed by atoms with E-state index in [9.17, 15) is 14.4 Å². The Morgan fingerprint density at radius 1 is 0.857 bits per heavy atom. The second kappa shape index (κ2) is 17.2. The standard InChI is InChI=1S/C32H48F2O7Si/c1-10-17-39-30(36)32(31(37)40-18-11-2,16-14-13-15-28(35)38-12-3)21-25-19-26(33)29(27(34)20-25)41-42(22(4)5,23(6)7)24(8)9/h10-11,19-20,22-24H,1-2,12-18,21H2,3-9H3. The van der Waals surface area contributed by atoms with E-state index in [1.165, 1.54) is 12.2 Å². The van der Waals surface area contributed by atoms with Crippen molar-refractivity contribution < 1.29 is 41.8 Å². The monoisotopic (exact) mass is 610 g/mol. The molecule has 0 N–H and O–H groups in total. The number of unbranched alkanes of at least 4 members (excludes halogenated alkanes) is 1. The van der Waals surface area contributed by atoms with Crippen molar-refractivity contribution in [3.05, 3.63) is 54.6 Å². The molecule has 0 amide bonds. The zero-order chi connectivity index (χ0) is 32.1. The van der Waals surface area contributed by atoms with Gasteiger partial charge in [0, 0.05) is 6.42 Å². The maximum Gasteiger partial charge on any atom is 0.324 e. The van der Waals surface area contributed by atoms with E-state index in [-0.39, 0.29) is 61.3 Å². The molecular weight excluding hydrogens is 562 g/mol. The Bertz CT molecular complexity index is 1020. The zero-order valence-corrected chi connectivity index (χ0v) is 27.2. The molecule has 1 rings (SSSR count). The summed E-state index contributed by atoms with van der Waals surface area (Å²) in [6.07, 6.45) is 2.83. The van der Waals surface area contributed by atoms with E-state index < -0.39 is 55.4 Å². The molecule has 0 saturated heterocycles. The molecule has 0 atom stereocenters. The second-order valence-electron chi connectivity index (χ2n) is 11.4. The smallest absolute Gasteiger partial charge is 0.324 e. The van der Waals surface area contributed by atoms with E-state index >= 15 is 8.78 Å². The Kier molecular flexibility index (Phi) is 15.1. The first-order valence-electron chi connectivity index (χ1n) is 14.6. The van der Waals surface area contributed by atoms with Gasteiger partial charge in [-0.25, -0.2) is 8.78 Å². The molecule has 0 aliphatic heterocycles. The van der Waals surface area contributed by atoms with E-state index in [4.69, 9.17) is 18.6 Å². The highest BCUT2D eigenvalue weighted by atomic mass is 28.4. The fourth-order valence-corrected chi connectivity index (χ4v) is 10.9. The number of esters is 3. The number of ether oxygens (including phenoxy) is 3. The van der Waals surface area contributed by atoms with Gasteiger partial charge in [0.05, 0.1) is 6.61 Å². The lowest BCUT2D eigenvalue weighted by atomic mass is 9.77. The van der Waals surface area contributed by atoms with E-state index in [1.807, 2.05) is 41.5 Å². The molecule has 0 spiro atoms. The largest absolute Gasteiger partial charge is 0.539 e. The third-order valence-electron chi connectivity index (χ3n) is 7.54. The molecule has 0 fully saturated rings. The third-order valence-corrected chi connectivity index (χ3v) is 13.5. The molecule has 0 aromatic heterocycles. The summed E-state index contributed by atoms with van der Waals surface area (Å²) in [5.74, 6) is -4.53. The van der Waals surface area contributed by atoms with Gasteiger partial charge in [-0.05, 0) is 60.5 Å². The van der Waals surface area contributed by atoms with Gasteiger partial charge in [-0.15, -0.1) is 0 Å². The van der Waals surface area contributed by atoms with Gasteiger partial charge in [-0.2, -0.15) is 0 Å². The summed E-state index contributed by atoms with van der Waals surface area (Å²) in [6, 6.07) is 2.18. The zero-order valence-electron chi connectivity index (χ0n) is 26.2. The van der Waals surface area contributed by atoms with Crippen molar-refractivity contribution in [3.63, 3.8) is 0 Å². The van der Waals surface area contributed by atoms with Crippen LogP contribution in [0.4, 0.5) is 8.78 Å². The van der Waals surface area contributed by atoms with Crippen molar-refractivity contribution >= 4 is 26.2 Å². The summed E-state index contributed by atoms with van der Waals surface area (Å²) in [4.78, 5) is 38.7. The van der Waals surface area contributed by atoms with Crippen molar-refractivity contribution in [2.75, 3.05) is 19.8 Å². The van der Waals surface area contributed by atoms with Gasteiger partial charge < -0.3 is 18.6 Å². The number of carbonyl (C=O) groups is 3. The lowest BCUT2D eigenvalue weighted by molar-refractivity contribution is -0.172. The molecule has 42 heavy (non-hydrogen) atoms. The van der Waals surface area contributed by atoms with Crippen molar-refractivity contribution in [2.24, 2.45) is 5.41 Å². The van der Waals surface area contributed by atoms with Crippen LogP contribution in [0, 0.1) is 17.0 Å². The number of benzene rings is 1. The Balaban J connectivity index is 3.57. The van der Waals surface area contributed by atoms with Crippen LogP contribution in [0.2, 0.25) is 16.6 Å². The average molecular weight is 611 g/mol. The van der Waals surface area contributed by atoms with E-state index in [1.54, 1.807) is 6.92 Å². The van der Waals surface area contributed by atoms with E-state index in [2.05, 4.69) is 13.2 Å². The third kappa shape index (κ3) is 9.24. The fourth-order valence-electron chi connectivity index (χ4n) is 5.69. The van der Waals surface area contributed by atoms with E-state index in [0.29, 0.717) is 6.42 Å². The van der Waals surface area contributed by atoms with Gasteiger partial charge in [0.25, 0.3) is 8.32 Å². The summed E-state index contributed by atoms with van der Waals surface area (Å²) in [7, 11) is -2.68. The Morgan fingerprint density at radius 3 is 1.74 bits per heavy atom. The number of carbonyl (C=O) groups excluding carboxylic acids is 3. The molecule has 0 bridgehead atoms. The maximum absolute atomic E-state index is 15.6.